The van der Waals surface area contributed by atoms with Gasteiger partial charge in [-0.25, -0.2) is 4.98 Å². The summed E-state index contributed by atoms with van der Waals surface area (Å²) in [5.41, 5.74) is 0.472. The predicted molar refractivity (Wildman–Crippen MR) is 108 cm³/mol. The maximum absolute atomic E-state index is 12.9. The van der Waals surface area contributed by atoms with Gasteiger partial charge in [0.15, 0.2) is 0 Å². The van der Waals surface area contributed by atoms with Crippen LogP contribution in [-0.2, 0) is 22.7 Å². The number of hydrogen-bond donors (Lipinski definition) is 0. The third-order valence-electron chi connectivity index (χ3n) is 5.84. The van der Waals surface area contributed by atoms with Gasteiger partial charge in [-0.2, -0.15) is 0 Å². The number of aromatic nitrogens is 2. The van der Waals surface area contributed by atoms with Crippen LogP contribution in [0.15, 0.2) is 43.0 Å². The molecule has 3 heterocycles. The summed E-state index contributed by atoms with van der Waals surface area (Å²) in [5.74, 6) is 1.01. The van der Waals surface area contributed by atoms with Gasteiger partial charge >= 0.3 is 0 Å². The van der Waals surface area contributed by atoms with Crippen molar-refractivity contribution in [2.24, 2.45) is 0 Å². The smallest absolute Gasteiger partial charge is 0.222 e. The molecule has 1 fully saturated rings. The Hall–Kier alpha value is -2.83. The lowest BCUT2D eigenvalue weighted by Crippen LogP contribution is -2.58. The number of amides is 2. The van der Waals surface area contributed by atoms with Crippen molar-refractivity contribution in [3.8, 4) is 5.75 Å². The van der Waals surface area contributed by atoms with Crippen LogP contribution in [0, 0.1) is 0 Å². The molecule has 1 aromatic carbocycles. The van der Waals surface area contributed by atoms with Crippen LogP contribution in [0.3, 0.4) is 0 Å². The van der Waals surface area contributed by atoms with Crippen LogP contribution in [0.4, 0.5) is 0 Å². The molecule has 7 nitrogen and oxygen atoms in total. The molecule has 1 spiro atoms. The SMILES string of the molecule is CC(=O)N1Cc2ccccc2O[C@@]2(CCCN(C(=O)CCCn3ccnc3)C2)C1. The molecule has 0 bridgehead atoms. The van der Waals surface area contributed by atoms with Gasteiger partial charge in [-0.3, -0.25) is 9.59 Å². The molecule has 2 amide bonds. The number of para-hydroxylation sites is 1. The molecular weight excluding hydrogens is 368 g/mol. The third-order valence-corrected chi connectivity index (χ3v) is 5.84. The monoisotopic (exact) mass is 396 g/mol. The van der Waals surface area contributed by atoms with E-state index in [2.05, 4.69) is 4.98 Å². The Labute approximate surface area is 171 Å². The number of hydrogen-bond acceptors (Lipinski definition) is 4. The van der Waals surface area contributed by atoms with Crippen molar-refractivity contribution in [1.29, 1.82) is 0 Å². The summed E-state index contributed by atoms with van der Waals surface area (Å²) < 4.78 is 8.50. The number of aryl methyl sites for hydroxylation is 1. The molecule has 2 aliphatic heterocycles. The van der Waals surface area contributed by atoms with Gasteiger partial charge in [0.1, 0.15) is 11.4 Å². The van der Waals surface area contributed by atoms with Gasteiger partial charge in [0.25, 0.3) is 0 Å². The summed E-state index contributed by atoms with van der Waals surface area (Å²) >= 11 is 0. The molecule has 7 heteroatoms. The largest absolute Gasteiger partial charge is 0.483 e. The van der Waals surface area contributed by atoms with E-state index < -0.39 is 5.60 Å². The van der Waals surface area contributed by atoms with E-state index in [0.717, 1.165) is 43.7 Å². The van der Waals surface area contributed by atoms with Gasteiger partial charge in [-0.05, 0) is 25.3 Å². The lowest BCUT2D eigenvalue weighted by molar-refractivity contribution is -0.140. The predicted octanol–water partition coefficient (Wildman–Crippen LogP) is 2.47. The average molecular weight is 396 g/mol. The highest BCUT2D eigenvalue weighted by Gasteiger charge is 2.43. The van der Waals surface area contributed by atoms with Gasteiger partial charge in [0.05, 0.1) is 19.4 Å². The number of carbonyl (C=O) groups excluding carboxylic acids is 2. The fourth-order valence-corrected chi connectivity index (χ4v) is 4.34. The molecule has 1 saturated heterocycles. The Morgan fingerprint density at radius 2 is 2.03 bits per heavy atom. The molecule has 0 N–H and O–H groups in total. The third kappa shape index (κ3) is 4.44. The maximum Gasteiger partial charge on any atom is 0.222 e. The van der Waals surface area contributed by atoms with Crippen molar-refractivity contribution in [2.45, 2.75) is 51.3 Å². The Morgan fingerprint density at radius 1 is 1.21 bits per heavy atom. The summed E-state index contributed by atoms with van der Waals surface area (Å²) in [7, 11) is 0. The van der Waals surface area contributed by atoms with E-state index in [0.29, 0.717) is 26.1 Å². The second-order valence-corrected chi connectivity index (χ2v) is 8.09. The molecule has 154 valence electrons. The minimum Gasteiger partial charge on any atom is -0.483 e. The topological polar surface area (TPSA) is 67.7 Å². The number of imidazole rings is 1. The second kappa shape index (κ2) is 8.27. The zero-order valence-electron chi connectivity index (χ0n) is 16.9. The highest BCUT2D eigenvalue weighted by atomic mass is 16.5. The van der Waals surface area contributed by atoms with Crippen molar-refractivity contribution in [3.63, 3.8) is 0 Å². The summed E-state index contributed by atoms with van der Waals surface area (Å²) in [6, 6.07) is 7.89. The maximum atomic E-state index is 12.9. The number of nitrogens with zero attached hydrogens (tertiary/aromatic N) is 4. The van der Waals surface area contributed by atoms with E-state index in [9.17, 15) is 9.59 Å². The van der Waals surface area contributed by atoms with Crippen molar-refractivity contribution in [3.05, 3.63) is 48.5 Å². The van der Waals surface area contributed by atoms with Gasteiger partial charge in [0, 0.05) is 50.9 Å². The molecule has 0 radical (unpaired) electrons. The van der Waals surface area contributed by atoms with Crippen LogP contribution >= 0.6 is 0 Å². The summed E-state index contributed by atoms with van der Waals surface area (Å²) in [6.07, 6.45) is 8.42. The molecule has 1 aromatic heterocycles. The van der Waals surface area contributed by atoms with Crippen LogP contribution < -0.4 is 4.74 Å². The first-order chi connectivity index (χ1) is 14.0. The molecule has 2 aliphatic rings. The standard InChI is InChI=1S/C22H28N4O3/c1-18(27)26-14-19-6-2-3-7-20(19)29-22(16-26)9-5-12-25(15-22)21(28)8-4-11-24-13-10-23-17-24/h2-3,6-7,10,13,17H,4-5,8-9,11-12,14-16H2,1H3/t22-/m1/s1. The molecule has 29 heavy (non-hydrogen) atoms. The Balaban J connectivity index is 1.46. The normalized spacial score (nSPS) is 21.4. The molecule has 2 aromatic rings. The fraction of sp³-hybridized carbons (Fsp3) is 0.500. The molecule has 0 saturated carbocycles. The molecule has 4 rings (SSSR count). The number of piperidine rings is 1. The van der Waals surface area contributed by atoms with E-state index in [1.807, 2.05) is 44.8 Å². The van der Waals surface area contributed by atoms with E-state index in [4.69, 9.17) is 4.74 Å². The first kappa shape index (κ1) is 19.5. The van der Waals surface area contributed by atoms with Crippen LogP contribution in [0.25, 0.3) is 0 Å². The van der Waals surface area contributed by atoms with Gasteiger partial charge < -0.3 is 19.1 Å². The number of benzene rings is 1. The van der Waals surface area contributed by atoms with E-state index in [1.165, 1.54) is 0 Å². The first-order valence-corrected chi connectivity index (χ1v) is 10.3. The van der Waals surface area contributed by atoms with Crippen molar-refractivity contribution in [2.75, 3.05) is 19.6 Å². The summed E-state index contributed by atoms with van der Waals surface area (Å²) in [6.45, 7) is 4.71. The number of rotatable bonds is 4. The Morgan fingerprint density at radius 3 is 2.83 bits per heavy atom. The lowest BCUT2D eigenvalue weighted by Gasteiger charge is -2.43. The summed E-state index contributed by atoms with van der Waals surface area (Å²) in [4.78, 5) is 32.9. The van der Waals surface area contributed by atoms with Gasteiger partial charge in [-0.15, -0.1) is 0 Å². The van der Waals surface area contributed by atoms with Crippen LogP contribution in [0.5, 0.6) is 5.75 Å². The van der Waals surface area contributed by atoms with E-state index >= 15 is 0 Å². The summed E-state index contributed by atoms with van der Waals surface area (Å²) in [5, 5.41) is 0. The van der Waals surface area contributed by atoms with Gasteiger partial charge in [0.2, 0.25) is 11.8 Å². The number of carbonyl (C=O) groups is 2. The average Bonchev–Trinajstić information content (AvgIpc) is 3.16. The molecule has 0 unspecified atom stereocenters. The molecule has 1 atom stereocenters. The van der Waals surface area contributed by atoms with Crippen LogP contribution in [-0.4, -0.2) is 56.4 Å². The van der Waals surface area contributed by atoms with Gasteiger partial charge in [-0.1, -0.05) is 18.2 Å². The van der Waals surface area contributed by atoms with E-state index in [-0.39, 0.29) is 11.8 Å². The first-order valence-electron chi connectivity index (χ1n) is 10.3. The minimum atomic E-state index is -0.545. The van der Waals surface area contributed by atoms with Crippen molar-refractivity contribution in [1.82, 2.24) is 19.4 Å². The fourth-order valence-electron chi connectivity index (χ4n) is 4.34. The zero-order valence-corrected chi connectivity index (χ0v) is 16.9. The molecular formula is C22H28N4O3. The highest BCUT2D eigenvalue weighted by molar-refractivity contribution is 5.76. The lowest BCUT2D eigenvalue weighted by atomic mass is 9.91. The Bertz CT molecular complexity index is 867. The number of ether oxygens (including phenoxy) is 1. The zero-order chi connectivity index (χ0) is 20.3. The van der Waals surface area contributed by atoms with Crippen molar-refractivity contribution < 1.29 is 14.3 Å². The minimum absolute atomic E-state index is 0.0356. The Kier molecular flexibility index (Phi) is 5.56. The highest BCUT2D eigenvalue weighted by Crippen LogP contribution is 2.35. The van der Waals surface area contributed by atoms with E-state index in [1.54, 1.807) is 19.4 Å². The van der Waals surface area contributed by atoms with Crippen LogP contribution in [0.2, 0.25) is 0 Å². The van der Waals surface area contributed by atoms with Crippen molar-refractivity contribution >= 4 is 11.8 Å². The molecule has 0 aliphatic carbocycles. The van der Waals surface area contributed by atoms with Crippen LogP contribution in [0.1, 0.15) is 38.2 Å². The second-order valence-electron chi connectivity index (χ2n) is 8.09. The number of fused-ring (bicyclic) bond motifs is 1. The quantitative estimate of drug-likeness (QED) is 0.796. The number of likely N-dealkylation sites (tertiary alicyclic amines) is 1.